The molecule has 108 valence electrons. The van der Waals surface area contributed by atoms with Crippen molar-refractivity contribution in [2.75, 3.05) is 6.54 Å². The van der Waals surface area contributed by atoms with E-state index in [-0.39, 0.29) is 6.42 Å². The predicted molar refractivity (Wildman–Crippen MR) is 74.2 cm³/mol. The number of aromatic nitrogens is 1. The molecule has 20 heavy (non-hydrogen) atoms. The number of halogens is 2. The molecule has 0 saturated heterocycles. The van der Waals surface area contributed by atoms with E-state index in [1.54, 1.807) is 16.7 Å². The normalized spacial score (nSPS) is 12.6. The van der Waals surface area contributed by atoms with Crippen molar-refractivity contribution in [3.63, 3.8) is 0 Å². The average Bonchev–Trinajstić information content (AvgIpc) is 3.05. The van der Waals surface area contributed by atoms with Gasteiger partial charge in [0.05, 0.1) is 12.1 Å². The van der Waals surface area contributed by atoms with E-state index in [1.807, 2.05) is 16.8 Å². The number of rotatable bonds is 6. The summed E-state index contributed by atoms with van der Waals surface area (Å²) < 4.78 is 24.1. The molecule has 4 nitrogen and oxygen atoms in total. The van der Waals surface area contributed by atoms with Crippen LogP contribution in [0.25, 0.3) is 10.6 Å². The number of nitrogens with zero attached hydrogens (tertiary/aromatic N) is 1. The fourth-order valence-corrected chi connectivity index (χ4v) is 2.97. The second-order valence-electron chi connectivity index (χ2n) is 4.04. The number of aliphatic hydroxyl groups excluding tert-OH is 1. The molecule has 0 fully saturated rings. The predicted octanol–water partition coefficient (Wildman–Crippen LogP) is 2.16. The third-order valence-corrected chi connectivity index (χ3v) is 4.08. The number of nitrogens with one attached hydrogen (secondary N) is 1. The van der Waals surface area contributed by atoms with E-state index in [2.05, 4.69) is 10.3 Å². The minimum atomic E-state index is -2.86. The molecule has 0 spiro atoms. The Labute approximate surface area is 122 Å². The van der Waals surface area contributed by atoms with Crippen molar-refractivity contribution >= 4 is 28.6 Å². The zero-order chi connectivity index (χ0) is 14.5. The molecule has 0 radical (unpaired) electrons. The van der Waals surface area contributed by atoms with E-state index >= 15 is 0 Å². The molecule has 0 aliphatic rings. The molecule has 1 atom stereocenters. The lowest BCUT2D eigenvalue weighted by Gasteiger charge is -2.09. The molecule has 0 aromatic carbocycles. The quantitative estimate of drug-likeness (QED) is 0.858. The Kier molecular flexibility index (Phi) is 5.16. The Morgan fingerprint density at radius 3 is 2.90 bits per heavy atom. The molecule has 0 bridgehead atoms. The molecule has 1 amide bonds. The van der Waals surface area contributed by atoms with Crippen molar-refractivity contribution in [1.29, 1.82) is 0 Å². The molecular weight excluding hydrogens is 306 g/mol. The van der Waals surface area contributed by atoms with Gasteiger partial charge in [-0.15, -0.1) is 11.3 Å². The van der Waals surface area contributed by atoms with Crippen molar-refractivity contribution in [3.8, 4) is 10.6 Å². The van der Waals surface area contributed by atoms with E-state index in [9.17, 15) is 13.6 Å². The number of amides is 1. The molecule has 2 aromatic heterocycles. The third-order valence-electron chi connectivity index (χ3n) is 2.46. The number of hydrogen-bond donors (Lipinski definition) is 2. The van der Waals surface area contributed by atoms with Crippen LogP contribution in [0.2, 0.25) is 0 Å². The molecule has 0 aliphatic carbocycles. The molecule has 8 heteroatoms. The molecule has 2 N–H and O–H groups in total. The van der Waals surface area contributed by atoms with Gasteiger partial charge in [0.1, 0.15) is 11.1 Å². The van der Waals surface area contributed by atoms with Gasteiger partial charge in [-0.3, -0.25) is 4.79 Å². The summed E-state index contributed by atoms with van der Waals surface area (Å²) in [6.07, 6.45) is -4.69. The van der Waals surface area contributed by atoms with Crippen LogP contribution in [0.5, 0.6) is 0 Å². The zero-order valence-electron chi connectivity index (χ0n) is 10.3. The molecule has 2 heterocycles. The van der Waals surface area contributed by atoms with Crippen LogP contribution >= 0.6 is 22.7 Å². The number of carbonyl (C=O) groups excluding carboxylic acids is 1. The number of hydrogen-bond acceptors (Lipinski definition) is 5. The summed E-state index contributed by atoms with van der Waals surface area (Å²) >= 11 is 2.98. The van der Waals surface area contributed by atoms with E-state index in [1.165, 1.54) is 11.3 Å². The number of aliphatic hydroxyl groups is 1. The Balaban J connectivity index is 1.86. The second-order valence-corrected chi connectivity index (χ2v) is 5.68. The minimum absolute atomic E-state index is 0.0105. The largest absolute Gasteiger partial charge is 0.385 e. The maximum absolute atomic E-state index is 12.1. The topological polar surface area (TPSA) is 62.2 Å². The summed E-state index contributed by atoms with van der Waals surface area (Å²) in [6, 6.07) is 1.94. The van der Waals surface area contributed by atoms with Gasteiger partial charge in [0.25, 0.3) is 6.43 Å². The van der Waals surface area contributed by atoms with Crippen molar-refractivity contribution in [2.24, 2.45) is 0 Å². The fraction of sp³-hybridized carbons (Fsp3) is 0.333. The molecule has 1 unspecified atom stereocenters. The second kappa shape index (κ2) is 6.87. The van der Waals surface area contributed by atoms with Crippen molar-refractivity contribution in [1.82, 2.24) is 10.3 Å². The summed E-state index contributed by atoms with van der Waals surface area (Å²) in [5.41, 5.74) is 1.58. The summed E-state index contributed by atoms with van der Waals surface area (Å²) in [5.74, 6) is -0.438. The Morgan fingerprint density at radius 2 is 2.25 bits per heavy atom. The van der Waals surface area contributed by atoms with Crippen LogP contribution < -0.4 is 5.32 Å². The Hall–Kier alpha value is -1.38. The maximum Gasteiger partial charge on any atom is 0.265 e. The summed E-state index contributed by atoms with van der Waals surface area (Å²) in [5, 5.41) is 17.6. The smallest absolute Gasteiger partial charge is 0.265 e. The van der Waals surface area contributed by atoms with Crippen LogP contribution in [-0.4, -0.2) is 35.1 Å². The van der Waals surface area contributed by atoms with Gasteiger partial charge in [0.2, 0.25) is 5.91 Å². The van der Waals surface area contributed by atoms with Gasteiger partial charge in [0, 0.05) is 22.9 Å². The summed E-state index contributed by atoms with van der Waals surface area (Å²) in [7, 11) is 0. The molecule has 2 aromatic rings. The van der Waals surface area contributed by atoms with E-state index in [0.717, 1.165) is 10.6 Å². The molecule has 2 rings (SSSR count). The van der Waals surface area contributed by atoms with Gasteiger partial charge in [-0.25, -0.2) is 13.8 Å². The highest BCUT2D eigenvalue weighted by Crippen LogP contribution is 2.25. The summed E-state index contributed by atoms with van der Waals surface area (Å²) in [6.45, 7) is -0.460. The van der Waals surface area contributed by atoms with Crippen LogP contribution in [0.4, 0.5) is 8.78 Å². The lowest BCUT2D eigenvalue weighted by Crippen LogP contribution is -2.36. The third kappa shape index (κ3) is 4.06. The number of alkyl halides is 2. The van der Waals surface area contributed by atoms with E-state index in [4.69, 9.17) is 5.11 Å². The van der Waals surface area contributed by atoms with Gasteiger partial charge in [-0.1, -0.05) is 0 Å². The van der Waals surface area contributed by atoms with Crippen LogP contribution in [0.3, 0.4) is 0 Å². The first-order valence-electron chi connectivity index (χ1n) is 5.76. The van der Waals surface area contributed by atoms with Gasteiger partial charge < -0.3 is 10.4 Å². The highest BCUT2D eigenvalue weighted by molar-refractivity contribution is 7.14. The minimum Gasteiger partial charge on any atom is -0.385 e. The van der Waals surface area contributed by atoms with Crippen molar-refractivity contribution in [3.05, 3.63) is 27.9 Å². The maximum atomic E-state index is 12.1. The standard InChI is InChI=1S/C12H12F2N2O2S2/c13-11(14)9(17)4-15-10(18)3-8-6-20-12(16-8)7-1-2-19-5-7/h1-2,5-6,9,11,17H,3-4H2,(H,15,18). The SMILES string of the molecule is O=C(Cc1csc(-c2ccsc2)n1)NCC(O)C(F)F. The number of thiazole rings is 1. The van der Waals surface area contributed by atoms with Crippen LogP contribution in [0.15, 0.2) is 22.2 Å². The highest BCUT2D eigenvalue weighted by Gasteiger charge is 2.17. The van der Waals surface area contributed by atoms with Gasteiger partial charge in [-0.05, 0) is 11.4 Å². The first-order chi connectivity index (χ1) is 9.56. The average molecular weight is 318 g/mol. The fourth-order valence-electron chi connectivity index (χ4n) is 1.44. The van der Waals surface area contributed by atoms with Crippen LogP contribution in [0.1, 0.15) is 5.69 Å². The monoisotopic (exact) mass is 318 g/mol. The van der Waals surface area contributed by atoms with Crippen LogP contribution in [-0.2, 0) is 11.2 Å². The van der Waals surface area contributed by atoms with Gasteiger partial charge >= 0.3 is 0 Å². The number of thiophene rings is 1. The number of carbonyl (C=O) groups is 1. The van der Waals surface area contributed by atoms with Gasteiger partial charge in [0.15, 0.2) is 0 Å². The lowest BCUT2D eigenvalue weighted by molar-refractivity contribution is -0.121. The first kappa shape index (κ1) is 15.0. The van der Waals surface area contributed by atoms with E-state index < -0.39 is 25.0 Å². The van der Waals surface area contributed by atoms with Gasteiger partial charge in [-0.2, -0.15) is 11.3 Å². The lowest BCUT2D eigenvalue weighted by atomic mass is 10.3. The Bertz CT molecular complexity index is 558. The van der Waals surface area contributed by atoms with Crippen molar-refractivity contribution in [2.45, 2.75) is 19.0 Å². The van der Waals surface area contributed by atoms with Crippen molar-refractivity contribution < 1.29 is 18.7 Å². The highest BCUT2D eigenvalue weighted by atomic mass is 32.1. The zero-order valence-corrected chi connectivity index (χ0v) is 11.9. The molecule has 0 saturated carbocycles. The summed E-state index contributed by atoms with van der Waals surface area (Å²) in [4.78, 5) is 15.8. The molecular formula is C12H12F2N2O2S2. The first-order valence-corrected chi connectivity index (χ1v) is 7.58. The molecule has 0 aliphatic heterocycles. The van der Waals surface area contributed by atoms with Crippen LogP contribution in [0, 0.1) is 0 Å². The Morgan fingerprint density at radius 1 is 1.45 bits per heavy atom. The van der Waals surface area contributed by atoms with E-state index in [0.29, 0.717) is 5.69 Å².